The van der Waals surface area contributed by atoms with Gasteiger partial charge in [0.1, 0.15) is 17.4 Å². The van der Waals surface area contributed by atoms with Gasteiger partial charge in [0, 0.05) is 19.5 Å². The fourth-order valence-corrected chi connectivity index (χ4v) is 4.69. The average molecular weight is 458 g/mol. The first-order valence-corrected chi connectivity index (χ1v) is 11.5. The van der Waals surface area contributed by atoms with Crippen LogP contribution in [0.1, 0.15) is 29.5 Å². The number of benzene rings is 3. The third-order valence-corrected chi connectivity index (χ3v) is 6.47. The van der Waals surface area contributed by atoms with E-state index in [1.165, 1.54) is 7.11 Å². The van der Waals surface area contributed by atoms with Gasteiger partial charge in [-0.3, -0.25) is 9.69 Å². The van der Waals surface area contributed by atoms with Crippen LogP contribution in [0.4, 0.5) is 0 Å². The number of carbonyl (C=O) groups excluding carboxylic acids is 1. The van der Waals surface area contributed by atoms with Crippen LogP contribution in [0.25, 0.3) is 5.57 Å². The normalized spacial score (nSPS) is 20.0. The van der Waals surface area contributed by atoms with E-state index in [9.17, 15) is 9.90 Å². The minimum absolute atomic E-state index is 0.292. The largest absolute Gasteiger partial charge is 0.497 e. The van der Waals surface area contributed by atoms with Crippen molar-refractivity contribution in [2.45, 2.75) is 24.5 Å². The van der Waals surface area contributed by atoms with E-state index in [0.717, 1.165) is 34.4 Å². The summed E-state index contributed by atoms with van der Waals surface area (Å²) in [5.41, 5.74) is 3.09. The second kappa shape index (κ2) is 10.7. The van der Waals surface area contributed by atoms with Crippen molar-refractivity contribution in [3.05, 3.63) is 108 Å². The summed E-state index contributed by atoms with van der Waals surface area (Å²) in [6.07, 6.45) is 3.23. The van der Waals surface area contributed by atoms with E-state index in [1.807, 2.05) is 65.6 Å². The number of β-amino-alcohol motifs (C(OH)–C–C–N with tert-alkyl or cyclic N) is 1. The molecule has 176 valence electrons. The molecule has 1 heterocycles. The van der Waals surface area contributed by atoms with Crippen molar-refractivity contribution in [2.75, 3.05) is 27.3 Å². The maximum Gasteiger partial charge on any atom is 0.323 e. The molecule has 0 aliphatic carbocycles. The standard InChI is InChI=1S/C29H31NO4/c1-33-25-17-15-24(16-18-25)29(32)20-27(28(31)34-2)30(21-29)19-9-14-26(22-10-5-3-6-11-22)23-12-7-4-8-13-23/h3-8,10-18,27,32H,9,19-21H2,1-2H3/t27-,29+/m0/s1. The molecule has 0 amide bonds. The lowest BCUT2D eigenvalue weighted by Crippen LogP contribution is -2.37. The number of nitrogens with zero attached hydrogens (tertiary/aromatic N) is 1. The Balaban J connectivity index is 1.55. The molecule has 0 radical (unpaired) electrons. The lowest BCUT2D eigenvalue weighted by Gasteiger charge is -2.24. The number of rotatable bonds is 8. The van der Waals surface area contributed by atoms with Gasteiger partial charge in [-0.1, -0.05) is 78.9 Å². The number of hydrogen-bond acceptors (Lipinski definition) is 5. The van der Waals surface area contributed by atoms with Gasteiger partial charge in [-0.05, 0) is 40.8 Å². The van der Waals surface area contributed by atoms with Crippen molar-refractivity contribution in [3.63, 3.8) is 0 Å². The summed E-state index contributed by atoms with van der Waals surface area (Å²) in [5, 5.41) is 11.5. The molecule has 3 aromatic carbocycles. The van der Waals surface area contributed by atoms with Crippen molar-refractivity contribution in [2.24, 2.45) is 0 Å². The summed E-state index contributed by atoms with van der Waals surface area (Å²) >= 11 is 0. The van der Waals surface area contributed by atoms with E-state index < -0.39 is 11.6 Å². The van der Waals surface area contributed by atoms with Gasteiger partial charge in [0.2, 0.25) is 0 Å². The van der Waals surface area contributed by atoms with Gasteiger partial charge in [0.05, 0.1) is 14.2 Å². The number of esters is 1. The first-order valence-electron chi connectivity index (χ1n) is 11.5. The predicted octanol–water partition coefficient (Wildman–Crippen LogP) is 4.65. The van der Waals surface area contributed by atoms with Crippen molar-refractivity contribution in [3.8, 4) is 5.75 Å². The minimum atomic E-state index is -1.13. The maximum absolute atomic E-state index is 12.6. The Morgan fingerprint density at radius 3 is 2.09 bits per heavy atom. The highest BCUT2D eigenvalue weighted by atomic mass is 16.5. The lowest BCUT2D eigenvalue weighted by atomic mass is 9.91. The summed E-state index contributed by atoms with van der Waals surface area (Å²) in [6, 6.07) is 27.5. The molecule has 0 bridgehead atoms. The molecule has 1 N–H and O–H groups in total. The summed E-state index contributed by atoms with van der Waals surface area (Å²) in [7, 11) is 3.01. The third-order valence-electron chi connectivity index (χ3n) is 6.47. The molecule has 0 spiro atoms. The molecule has 34 heavy (non-hydrogen) atoms. The summed E-state index contributed by atoms with van der Waals surface area (Å²) in [5.74, 6) is 0.408. The first kappa shape index (κ1) is 23.7. The number of likely N-dealkylation sites (tertiary alicyclic amines) is 1. The molecule has 5 nitrogen and oxygen atoms in total. The van der Waals surface area contributed by atoms with Crippen molar-refractivity contribution in [1.82, 2.24) is 4.90 Å². The molecule has 1 aliphatic rings. The summed E-state index contributed by atoms with van der Waals surface area (Å²) < 4.78 is 10.3. The van der Waals surface area contributed by atoms with Crippen molar-refractivity contribution in [1.29, 1.82) is 0 Å². The first-order chi connectivity index (χ1) is 16.5. The van der Waals surface area contributed by atoms with Crippen LogP contribution in [-0.4, -0.2) is 49.3 Å². The lowest BCUT2D eigenvalue weighted by molar-refractivity contribution is -0.146. The molecular formula is C29H31NO4. The van der Waals surface area contributed by atoms with Gasteiger partial charge in [-0.15, -0.1) is 0 Å². The third kappa shape index (κ3) is 5.22. The second-order valence-electron chi connectivity index (χ2n) is 8.61. The van der Waals surface area contributed by atoms with Crippen LogP contribution in [0.3, 0.4) is 0 Å². The van der Waals surface area contributed by atoms with E-state index in [2.05, 4.69) is 30.3 Å². The number of hydrogen-bond donors (Lipinski definition) is 1. The van der Waals surface area contributed by atoms with E-state index in [1.54, 1.807) is 7.11 Å². The van der Waals surface area contributed by atoms with Crippen LogP contribution in [0.15, 0.2) is 91.0 Å². The maximum atomic E-state index is 12.6. The second-order valence-corrected chi connectivity index (χ2v) is 8.61. The Morgan fingerprint density at radius 1 is 0.971 bits per heavy atom. The van der Waals surface area contributed by atoms with E-state index in [0.29, 0.717) is 19.5 Å². The molecule has 0 saturated carbocycles. The smallest absolute Gasteiger partial charge is 0.323 e. The van der Waals surface area contributed by atoms with Crippen LogP contribution < -0.4 is 4.74 Å². The number of ether oxygens (including phenoxy) is 2. The monoisotopic (exact) mass is 457 g/mol. The number of carbonyl (C=O) groups is 1. The van der Waals surface area contributed by atoms with Crippen LogP contribution in [0.5, 0.6) is 5.75 Å². The Labute approximate surface area is 201 Å². The number of aliphatic hydroxyl groups is 1. The van der Waals surface area contributed by atoms with Crippen LogP contribution in [-0.2, 0) is 15.1 Å². The zero-order valence-electron chi connectivity index (χ0n) is 19.7. The Kier molecular flexibility index (Phi) is 7.46. The van der Waals surface area contributed by atoms with Gasteiger partial charge in [0.15, 0.2) is 0 Å². The number of methoxy groups -OCH3 is 2. The molecule has 0 unspecified atom stereocenters. The predicted molar refractivity (Wildman–Crippen MR) is 133 cm³/mol. The molecule has 4 rings (SSSR count). The quantitative estimate of drug-likeness (QED) is 0.499. The summed E-state index contributed by atoms with van der Waals surface area (Å²) in [4.78, 5) is 14.6. The molecule has 5 heteroatoms. The zero-order chi connectivity index (χ0) is 24.0. The van der Waals surface area contributed by atoms with Gasteiger partial charge >= 0.3 is 5.97 Å². The fraction of sp³-hybridized carbons (Fsp3) is 0.276. The molecule has 2 atom stereocenters. The van der Waals surface area contributed by atoms with Crippen LogP contribution in [0.2, 0.25) is 0 Å². The highest BCUT2D eigenvalue weighted by molar-refractivity contribution is 5.79. The summed E-state index contributed by atoms with van der Waals surface area (Å²) in [6.45, 7) is 0.986. The van der Waals surface area contributed by atoms with E-state index >= 15 is 0 Å². The molecular weight excluding hydrogens is 426 g/mol. The van der Waals surface area contributed by atoms with Gasteiger partial charge in [-0.25, -0.2) is 0 Å². The molecule has 1 fully saturated rings. The highest BCUT2D eigenvalue weighted by Gasteiger charge is 2.47. The SMILES string of the molecule is COC(=O)[C@@H]1C[C@](O)(c2ccc(OC)cc2)CN1CCC=C(c1ccccc1)c1ccccc1. The Bertz CT molecular complexity index is 1070. The Morgan fingerprint density at radius 2 is 1.56 bits per heavy atom. The molecule has 0 aromatic heterocycles. The van der Waals surface area contributed by atoms with E-state index in [-0.39, 0.29) is 5.97 Å². The van der Waals surface area contributed by atoms with Crippen LogP contribution in [0, 0.1) is 0 Å². The van der Waals surface area contributed by atoms with Gasteiger partial charge in [0.25, 0.3) is 0 Å². The van der Waals surface area contributed by atoms with E-state index in [4.69, 9.17) is 9.47 Å². The van der Waals surface area contributed by atoms with Crippen LogP contribution >= 0.6 is 0 Å². The van der Waals surface area contributed by atoms with Crippen molar-refractivity contribution < 1.29 is 19.4 Å². The topological polar surface area (TPSA) is 59.0 Å². The average Bonchev–Trinajstić information content (AvgIpc) is 3.24. The fourth-order valence-electron chi connectivity index (χ4n) is 4.69. The highest BCUT2D eigenvalue weighted by Crippen LogP contribution is 2.37. The Hall–Kier alpha value is -3.41. The zero-order valence-corrected chi connectivity index (χ0v) is 19.7. The van der Waals surface area contributed by atoms with Gasteiger partial charge in [-0.2, -0.15) is 0 Å². The van der Waals surface area contributed by atoms with Crippen molar-refractivity contribution >= 4 is 11.5 Å². The molecule has 1 saturated heterocycles. The van der Waals surface area contributed by atoms with Gasteiger partial charge < -0.3 is 14.6 Å². The molecule has 1 aliphatic heterocycles. The molecule has 3 aromatic rings. The minimum Gasteiger partial charge on any atom is -0.497 e.